The number of amides is 1. The summed E-state index contributed by atoms with van der Waals surface area (Å²) in [7, 11) is -0.0441. The first-order valence-corrected chi connectivity index (χ1v) is 11.6. The van der Waals surface area contributed by atoms with Crippen LogP contribution in [0.4, 0.5) is 5.69 Å². The van der Waals surface area contributed by atoms with Crippen LogP contribution in [-0.2, 0) is 9.84 Å². The van der Waals surface area contributed by atoms with Crippen molar-refractivity contribution in [3.05, 3.63) is 60.3 Å². The van der Waals surface area contributed by atoms with Gasteiger partial charge < -0.3 is 14.8 Å². The molecule has 31 heavy (non-hydrogen) atoms. The van der Waals surface area contributed by atoms with E-state index in [0.717, 1.165) is 5.56 Å². The van der Waals surface area contributed by atoms with E-state index in [1.54, 1.807) is 28.9 Å². The molecule has 4 rings (SSSR count). The summed E-state index contributed by atoms with van der Waals surface area (Å²) in [5.41, 5.74) is 2.31. The number of methoxy groups -OCH3 is 2. The highest BCUT2D eigenvalue weighted by atomic mass is 32.2. The number of anilines is 1. The van der Waals surface area contributed by atoms with Gasteiger partial charge in [-0.3, -0.25) is 9.48 Å². The summed E-state index contributed by atoms with van der Waals surface area (Å²) in [5.74, 6) is 0.791. The highest BCUT2D eigenvalue weighted by molar-refractivity contribution is 7.91. The third-order valence-electron chi connectivity index (χ3n) is 5.23. The number of nitrogens with zero attached hydrogens (tertiary/aromatic N) is 2. The van der Waals surface area contributed by atoms with Crippen LogP contribution < -0.4 is 14.8 Å². The van der Waals surface area contributed by atoms with Crippen molar-refractivity contribution in [3.63, 3.8) is 0 Å². The van der Waals surface area contributed by atoms with E-state index >= 15 is 0 Å². The van der Waals surface area contributed by atoms with Crippen molar-refractivity contribution in [2.45, 2.75) is 12.5 Å². The number of benzene rings is 2. The Balaban J connectivity index is 1.66. The monoisotopic (exact) mass is 441 g/mol. The number of hydrogen-bond donors (Lipinski definition) is 1. The predicted molar refractivity (Wildman–Crippen MR) is 117 cm³/mol. The lowest BCUT2D eigenvalue weighted by molar-refractivity contribution is 0.102. The summed E-state index contributed by atoms with van der Waals surface area (Å²) in [6.07, 6.45) is 0.473. The van der Waals surface area contributed by atoms with Gasteiger partial charge in [-0.2, -0.15) is 5.10 Å². The molecule has 1 amide bonds. The summed E-state index contributed by atoms with van der Waals surface area (Å²) >= 11 is 0. The molecule has 2 heterocycles. The fraction of sp³-hybridized carbons (Fsp3) is 0.273. The maximum absolute atomic E-state index is 12.9. The SMILES string of the molecule is COc1ccc(NC(=O)c2cc(-c3ccccc3)n(C3CCS(=O)(=O)C3)n2)cc1OC. The molecule has 0 bridgehead atoms. The van der Waals surface area contributed by atoms with E-state index in [4.69, 9.17) is 9.47 Å². The van der Waals surface area contributed by atoms with Crippen LogP contribution in [0.3, 0.4) is 0 Å². The van der Waals surface area contributed by atoms with E-state index < -0.39 is 15.7 Å². The lowest BCUT2D eigenvalue weighted by atomic mass is 10.1. The zero-order chi connectivity index (χ0) is 22.0. The van der Waals surface area contributed by atoms with Crippen molar-refractivity contribution in [3.8, 4) is 22.8 Å². The maximum atomic E-state index is 12.9. The summed E-state index contributed by atoms with van der Waals surface area (Å²) in [5, 5.41) is 7.31. The van der Waals surface area contributed by atoms with Gasteiger partial charge in [0.15, 0.2) is 27.0 Å². The second-order valence-corrected chi connectivity index (χ2v) is 9.53. The Morgan fingerprint density at radius 3 is 2.45 bits per heavy atom. The normalized spacial score (nSPS) is 17.3. The predicted octanol–water partition coefficient (Wildman–Crippen LogP) is 3.18. The third kappa shape index (κ3) is 4.41. The lowest BCUT2D eigenvalue weighted by Crippen LogP contribution is -2.16. The van der Waals surface area contributed by atoms with Crippen LogP contribution in [0.5, 0.6) is 11.5 Å². The Morgan fingerprint density at radius 1 is 1.06 bits per heavy atom. The van der Waals surface area contributed by atoms with Gasteiger partial charge in [-0.25, -0.2) is 8.42 Å². The van der Waals surface area contributed by atoms with Crippen LogP contribution in [0.25, 0.3) is 11.3 Å². The Kier molecular flexibility index (Phi) is 5.69. The lowest BCUT2D eigenvalue weighted by Gasteiger charge is -2.13. The molecule has 1 aliphatic heterocycles. The van der Waals surface area contributed by atoms with Crippen molar-refractivity contribution in [1.29, 1.82) is 0 Å². The quantitative estimate of drug-likeness (QED) is 0.631. The topological polar surface area (TPSA) is 99.5 Å². The minimum Gasteiger partial charge on any atom is -0.493 e. The van der Waals surface area contributed by atoms with Crippen LogP contribution in [0, 0.1) is 0 Å². The van der Waals surface area contributed by atoms with Gasteiger partial charge in [0.1, 0.15) is 0 Å². The zero-order valence-electron chi connectivity index (χ0n) is 17.2. The molecule has 8 nitrogen and oxygen atoms in total. The van der Waals surface area contributed by atoms with E-state index in [2.05, 4.69) is 10.4 Å². The molecule has 2 aromatic carbocycles. The van der Waals surface area contributed by atoms with Crippen molar-refractivity contribution in [2.75, 3.05) is 31.0 Å². The number of rotatable bonds is 6. The first-order chi connectivity index (χ1) is 14.9. The van der Waals surface area contributed by atoms with E-state index in [0.29, 0.717) is 29.3 Å². The number of aromatic nitrogens is 2. The Morgan fingerprint density at radius 2 is 1.81 bits per heavy atom. The number of ether oxygens (including phenoxy) is 2. The number of carbonyl (C=O) groups excluding carboxylic acids is 1. The molecule has 0 aliphatic carbocycles. The van der Waals surface area contributed by atoms with E-state index in [1.165, 1.54) is 14.2 Å². The summed E-state index contributed by atoms with van der Waals surface area (Å²) < 4.78 is 36.2. The van der Waals surface area contributed by atoms with Crippen LogP contribution in [0.15, 0.2) is 54.6 Å². The van der Waals surface area contributed by atoms with Crippen molar-refractivity contribution in [1.82, 2.24) is 9.78 Å². The van der Waals surface area contributed by atoms with E-state index in [1.807, 2.05) is 30.3 Å². The van der Waals surface area contributed by atoms with Gasteiger partial charge in [-0.15, -0.1) is 0 Å². The zero-order valence-corrected chi connectivity index (χ0v) is 18.1. The largest absolute Gasteiger partial charge is 0.493 e. The van der Waals surface area contributed by atoms with Gasteiger partial charge in [0, 0.05) is 11.8 Å². The van der Waals surface area contributed by atoms with Crippen LogP contribution in [-0.4, -0.2) is 49.8 Å². The highest BCUT2D eigenvalue weighted by Gasteiger charge is 2.32. The van der Waals surface area contributed by atoms with Gasteiger partial charge >= 0.3 is 0 Å². The Labute approximate surface area is 180 Å². The molecule has 1 atom stereocenters. The molecule has 0 spiro atoms. The third-order valence-corrected chi connectivity index (χ3v) is 6.98. The number of sulfone groups is 1. The van der Waals surface area contributed by atoms with Gasteiger partial charge in [0.2, 0.25) is 0 Å². The molecule has 162 valence electrons. The minimum atomic E-state index is -3.10. The molecule has 1 aliphatic rings. The first-order valence-electron chi connectivity index (χ1n) is 9.79. The van der Waals surface area contributed by atoms with E-state index in [9.17, 15) is 13.2 Å². The number of carbonyl (C=O) groups is 1. The minimum absolute atomic E-state index is 0.0191. The molecule has 1 N–H and O–H groups in total. The van der Waals surface area contributed by atoms with Gasteiger partial charge in [0.25, 0.3) is 5.91 Å². The second-order valence-electron chi connectivity index (χ2n) is 7.31. The fourth-order valence-corrected chi connectivity index (χ4v) is 5.38. The Hall–Kier alpha value is -3.33. The maximum Gasteiger partial charge on any atom is 0.276 e. The first kappa shape index (κ1) is 20.9. The molecule has 3 aromatic rings. The standard InChI is InChI=1S/C22H23N3O5S/c1-29-20-9-8-16(12-21(20)30-2)23-22(26)18-13-19(15-6-4-3-5-7-15)25(24-18)17-10-11-31(27,28)14-17/h3-9,12-13,17H,10-11,14H2,1-2H3,(H,23,26). The fourth-order valence-electron chi connectivity index (χ4n) is 3.69. The summed E-state index contributed by atoms with van der Waals surface area (Å²) in [6.45, 7) is 0. The molecular weight excluding hydrogens is 418 g/mol. The van der Waals surface area contributed by atoms with Crippen LogP contribution >= 0.6 is 0 Å². The van der Waals surface area contributed by atoms with Gasteiger partial charge in [0.05, 0.1) is 37.5 Å². The van der Waals surface area contributed by atoms with Crippen LogP contribution in [0.1, 0.15) is 23.0 Å². The summed E-state index contributed by atoms with van der Waals surface area (Å²) in [4.78, 5) is 12.9. The van der Waals surface area contributed by atoms with E-state index in [-0.39, 0.29) is 23.2 Å². The van der Waals surface area contributed by atoms with Crippen molar-refractivity contribution in [2.24, 2.45) is 0 Å². The average molecular weight is 442 g/mol. The number of hydrogen-bond acceptors (Lipinski definition) is 6. The highest BCUT2D eigenvalue weighted by Crippen LogP contribution is 2.32. The molecule has 1 aromatic heterocycles. The molecule has 0 saturated carbocycles. The summed E-state index contributed by atoms with van der Waals surface area (Å²) in [6, 6.07) is 16.0. The second kappa shape index (κ2) is 8.43. The van der Waals surface area contributed by atoms with Gasteiger partial charge in [-0.1, -0.05) is 30.3 Å². The smallest absolute Gasteiger partial charge is 0.276 e. The molecule has 1 saturated heterocycles. The van der Waals surface area contributed by atoms with Crippen molar-refractivity contribution >= 4 is 21.4 Å². The van der Waals surface area contributed by atoms with Crippen LogP contribution in [0.2, 0.25) is 0 Å². The molecular formula is C22H23N3O5S. The van der Waals surface area contributed by atoms with Gasteiger partial charge in [-0.05, 0) is 30.2 Å². The molecule has 0 radical (unpaired) electrons. The molecule has 1 unspecified atom stereocenters. The average Bonchev–Trinajstić information content (AvgIpc) is 3.37. The van der Waals surface area contributed by atoms with Crippen molar-refractivity contribution < 1.29 is 22.7 Å². The molecule has 9 heteroatoms. The number of nitrogens with one attached hydrogen (secondary N) is 1. The Bertz CT molecular complexity index is 1210. The molecule has 1 fully saturated rings.